The highest BCUT2D eigenvalue weighted by atomic mass is 16.4. The van der Waals surface area contributed by atoms with Crippen molar-refractivity contribution in [3.05, 3.63) is 35.4 Å². The number of nitrogens with zero attached hydrogens (tertiary/aromatic N) is 1. The number of hydrogen-bond donors (Lipinski definition) is 2. The maximum atomic E-state index is 12.4. The van der Waals surface area contributed by atoms with Gasteiger partial charge in [0.2, 0.25) is 0 Å². The van der Waals surface area contributed by atoms with Gasteiger partial charge >= 0.3 is 12.0 Å². The summed E-state index contributed by atoms with van der Waals surface area (Å²) in [6.07, 6.45) is 1.06. The van der Waals surface area contributed by atoms with Crippen LogP contribution in [-0.2, 0) is 16.0 Å². The molecule has 0 spiro atoms. The lowest BCUT2D eigenvalue weighted by molar-refractivity contribution is -0.146. The first-order valence-electron chi connectivity index (χ1n) is 6.94. The summed E-state index contributed by atoms with van der Waals surface area (Å²) in [5.74, 6) is -1.69. The molecule has 1 aliphatic heterocycles. The number of benzene rings is 1. The van der Waals surface area contributed by atoms with E-state index < -0.39 is 30.0 Å². The molecule has 3 amide bonds. The van der Waals surface area contributed by atoms with Crippen molar-refractivity contribution in [2.45, 2.75) is 38.8 Å². The van der Waals surface area contributed by atoms with Gasteiger partial charge in [0.05, 0.1) is 0 Å². The van der Waals surface area contributed by atoms with Crippen molar-refractivity contribution >= 4 is 17.9 Å². The molecule has 6 heteroatoms. The molecule has 1 aliphatic rings. The first-order valence-corrected chi connectivity index (χ1v) is 6.94. The summed E-state index contributed by atoms with van der Waals surface area (Å²) in [4.78, 5) is 36.2. The molecular formula is C15H18N2O4. The number of aliphatic carboxylic acids is 1. The van der Waals surface area contributed by atoms with Gasteiger partial charge in [-0.15, -0.1) is 0 Å². The zero-order valence-electron chi connectivity index (χ0n) is 12.0. The van der Waals surface area contributed by atoms with E-state index in [4.69, 9.17) is 5.11 Å². The average molecular weight is 290 g/mol. The number of carbonyl (C=O) groups excluding carboxylic acids is 2. The molecule has 2 N–H and O–H groups in total. The van der Waals surface area contributed by atoms with E-state index in [0.717, 1.165) is 16.9 Å². The number of urea groups is 1. The van der Waals surface area contributed by atoms with Crippen LogP contribution in [0.4, 0.5) is 4.79 Å². The van der Waals surface area contributed by atoms with Crippen LogP contribution in [-0.4, -0.2) is 34.0 Å². The number of carboxylic acids is 1. The Morgan fingerprint density at radius 3 is 2.38 bits per heavy atom. The van der Waals surface area contributed by atoms with Crippen LogP contribution >= 0.6 is 0 Å². The third-order valence-corrected chi connectivity index (χ3v) is 3.68. The summed E-state index contributed by atoms with van der Waals surface area (Å²) in [5, 5.41) is 11.7. The SMILES string of the molecule is CCc1ccc(C2NC(=O)N(C(CC)C(=O)O)C2=O)cc1. The van der Waals surface area contributed by atoms with Gasteiger partial charge in [-0.1, -0.05) is 38.1 Å². The first-order chi connectivity index (χ1) is 9.99. The lowest BCUT2D eigenvalue weighted by atomic mass is 10.0. The Bertz CT molecular complexity index is 568. The molecule has 21 heavy (non-hydrogen) atoms. The Morgan fingerprint density at radius 1 is 1.29 bits per heavy atom. The lowest BCUT2D eigenvalue weighted by Gasteiger charge is -2.20. The molecule has 0 radical (unpaired) electrons. The highest BCUT2D eigenvalue weighted by Gasteiger charge is 2.44. The van der Waals surface area contributed by atoms with Crippen LogP contribution in [0.5, 0.6) is 0 Å². The summed E-state index contributed by atoms with van der Waals surface area (Å²) in [6, 6.07) is 4.77. The topological polar surface area (TPSA) is 86.7 Å². The lowest BCUT2D eigenvalue weighted by Crippen LogP contribution is -2.45. The number of amides is 3. The summed E-state index contributed by atoms with van der Waals surface area (Å²) in [5.41, 5.74) is 1.79. The standard InChI is InChI=1S/C15H18N2O4/c1-3-9-5-7-10(8-6-9)12-13(18)17(15(21)16-12)11(4-2)14(19)20/h5-8,11-12H,3-4H2,1-2H3,(H,16,21)(H,19,20). The fourth-order valence-electron chi connectivity index (χ4n) is 2.43. The van der Waals surface area contributed by atoms with E-state index in [1.54, 1.807) is 19.1 Å². The number of hydrogen-bond acceptors (Lipinski definition) is 3. The smallest absolute Gasteiger partial charge is 0.326 e. The summed E-state index contributed by atoms with van der Waals surface area (Å²) in [7, 11) is 0. The van der Waals surface area contributed by atoms with Crippen LogP contribution < -0.4 is 5.32 Å². The Kier molecular flexibility index (Phi) is 4.26. The van der Waals surface area contributed by atoms with Gasteiger partial charge in [-0.3, -0.25) is 4.79 Å². The van der Waals surface area contributed by atoms with E-state index >= 15 is 0 Å². The minimum atomic E-state index is -1.18. The molecule has 2 rings (SSSR count). The van der Waals surface area contributed by atoms with Gasteiger partial charge in [0.25, 0.3) is 5.91 Å². The van der Waals surface area contributed by atoms with Crippen molar-refractivity contribution in [1.82, 2.24) is 10.2 Å². The molecule has 1 saturated heterocycles. The third-order valence-electron chi connectivity index (χ3n) is 3.68. The van der Waals surface area contributed by atoms with Gasteiger partial charge in [0.15, 0.2) is 0 Å². The quantitative estimate of drug-likeness (QED) is 0.808. The van der Waals surface area contributed by atoms with E-state index in [-0.39, 0.29) is 6.42 Å². The van der Waals surface area contributed by atoms with Crippen molar-refractivity contribution in [3.8, 4) is 0 Å². The predicted octanol–water partition coefficient (Wildman–Crippen LogP) is 1.71. The van der Waals surface area contributed by atoms with Crippen LogP contribution in [0.3, 0.4) is 0 Å². The zero-order valence-corrected chi connectivity index (χ0v) is 12.0. The van der Waals surface area contributed by atoms with E-state index in [9.17, 15) is 14.4 Å². The summed E-state index contributed by atoms with van der Waals surface area (Å²) >= 11 is 0. The van der Waals surface area contributed by atoms with Crippen molar-refractivity contribution in [2.75, 3.05) is 0 Å². The van der Waals surface area contributed by atoms with Crippen molar-refractivity contribution in [1.29, 1.82) is 0 Å². The largest absolute Gasteiger partial charge is 0.480 e. The molecule has 0 aliphatic carbocycles. The average Bonchev–Trinajstić information content (AvgIpc) is 2.76. The Morgan fingerprint density at radius 2 is 1.90 bits per heavy atom. The van der Waals surface area contributed by atoms with Gasteiger partial charge in [-0.2, -0.15) is 0 Å². The summed E-state index contributed by atoms with van der Waals surface area (Å²) in [6.45, 7) is 3.65. The molecular weight excluding hydrogens is 272 g/mol. The maximum Gasteiger partial charge on any atom is 0.326 e. The van der Waals surface area contributed by atoms with Gasteiger partial charge in [0, 0.05) is 0 Å². The molecule has 2 atom stereocenters. The second-order valence-electron chi connectivity index (χ2n) is 4.95. The van der Waals surface area contributed by atoms with Crippen LogP contribution in [0.15, 0.2) is 24.3 Å². The van der Waals surface area contributed by atoms with Crippen LogP contribution in [0.25, 0.3) is 0 Å². The number of carboxylic acid groups (broad SMARTS) is 1. The van der Waals surface area contributed by atoms with E-state index in [1.807, 2.05) is 19.1 Å². The Hall–Kier alpha value is -2.37. The van der Waals surface area contributed by atoms with Crippen molar-refractivity contribution in [2.24, 2.45) is 0 Å². The maximum absolute atomic E-state index is 12.4. The summed E-state index contributed by atoms with van der Waals surface area (Å²) < 4.78 is 0. The number of rotatable bonds is 5. The van der Waals surface area contributed by atoms with Gasteiger partial charge in [-0.05, 0) is 24.0 Å². The second kappa shape index (κ2) is 5.95. The molecule has 1 fully saturated rings. The molecule has 2 unspecified atom stereocenters. The number of imide groups is 1. The monoisotopic (exact) mass is 290 g/mol. The van der Waals surface area contributed by atoms with E-state index in [2.05, 4.69) is 5.32 Å². The number of nitrogens with one attached hydrogen (secondary N) is 1. The minimum absolute atomic E-state index is 0.177. The van der Waals surface area contributed by atoms with Crippen molar-refractivity contribution in [3.63, 3.8) is 0 Å². The van der Waals surface area contributed by atoms with Crippen molar-refractivity contribution < 1.29 is 19.5 Å². The zero-order chi connectivity index (χ0) is 15.6. The Labute approximate surface area is 122 Å². The minimum Gasteiger partial charge on any atom is -0.480 e. The molecule has 1 heterocycles. The van der Waals surface area contributed by atoms with Crippen LogP contribution in [0.2, 0.25) is 0 Å². The van der Waals surface area contributed by atoms with Crippen LogP contribution in [0.1, 0.15) is 37.4 Å². The second-order valence-corrected chi connectivity index (χ2v) is 4.95. The van der Waals surface area contributed by atoms with Crippen LogP contribution in [0, 0.1) is 0 Å². The first kappa shape index (κ1) is 15.0. The molecule has 1 aromatic carbocycles. The highest BCUT2D eigenvalue weighted by molar-refractivity contribution is 6.07. The predicted molar refractivity (Wildman–Crippen MR) is 75.7 cm³/mol. The number of carbonyl (C=O) groups is 3. The Balaban J connectivity index is 2.26. The van der Waals surface area contributed by atoms with Gasteiger partial charge in [0.1, 0.15) is 12.1 Å². The fraction of sp³-hybridized carbons (Fsp3) is 0.400. The normalized spacial score (nSPS) is 19.5. The van der Waals surface area contributed by atoms with Gasteiger partial charge < -0.3 is 10.4 Å². The van der Waals surface area contributed by atoms with E-state index in [0.29, 0.717) is 5.56 Å². The molecule has 0 aromatic heterocycles. The molecule has 0 bridgehead atoms. The molecule has 0 saturated carbocycles. The molecule has 1 aromatic rings. The molecule has 112 valence electrons. The molecule has 6 nitrogen and oxygen atoms in total. The third kappa shape index (κ3) is 2.74. The van der Waals surface area contributed by atoms with Gasteiger partial charge in [-0.25, -0.2) is 14.5 Å². The number of aryl methyl sites for hydroxylation is 1. The fourth-order valence-corrected chi connectivity index (χ4v) is 2.43. The van der Waals surface area contributed by atoms with E-state index in [1.165, 1.54) is 0 Å². The highest BCUT2D eigenvalue weighted by Crippen LogP contribution is 2.25.